The Hall–Kier alpha value is 1.56. The molecule has 0 rings (SSSR count). The molecular formula is C8H19KO2. The van der Waals surface area contributed by atoms with E-state index in [2.05, 4.69) is 0 Å². The van der Waals surface area contributed by atoms with E-state index in [9.17, 15) is 5.11 Å². The molecule has 0 saturated carbocycles. The molecule has 64 valence electrons. The summed E-state index contributed by atoms with van der Waals surface area (Å²) in [7, 11) is 0. The van der Waals surface area contributed by atoms with Gasteiger partial charge in [0.2, 0.25) is 0 Å². The van der Waals surface area contributed by atoms with Gasteiger partial charge in [0.15, 0.2) is 0 Å². The molecule has 0 aromatic rings. The summed E-state index contributed by atoms with van der Waals surface area (Å²) in [5, 5.41) is 10.1. The van der Waals surface area contributed by atoms with Gasteiger partial charge < -0.3 is 9.84 Å². The van der Waals surface area contributed by atoms with Crippen molar-refractivity contribution in [3.8, 4) is 0 Å². The Labute approximate surface area is 113 Å². The van der Waals surface area contributed by atoms with Crippen LogP contribution >= 0.6 is 0 Å². The number of ether oxygens (including phenoxy) is 1. The summed E-state index contributed by atoms with van der Waals surface area (Å²) in [5.74, 6) is 0. The van der Waals surface area contributed by atoms with Crippen molar-refractivity contribution < 1.29 is 61.2 Å². The Morgan fingerprint density at radius 2 is 1.27 bits per heavy atom. The Bertz CT molecular complexity index is 51.6. The molecule has 3 heteroatoms. The Kier molecular flexibility index (Phi) is 19.3. The van der Waals surface area contributed by atoms with E-state index in [0.717, 1.165) is 13.2 Å². The molecule has 2 nitrogen and oxygen atoms in total. The molecule has 0 amide bonds. The first kappa shape index (κ1) is 18.4. The third kappa shape index (κ3) is 83.4. The molecule has 0 aliphatic rings. The van der Waals surface area contributed by atoms with Gasteiger partial charge in [-0.05, 0) is 13.8 Å². The largest absolute Gasteiger partial charge is 1.00 e. The zero-order valence-corrected chi connectivity index (χ0v) is 11.9. The fourth-order valence-electron chi connectivity index (χ4n) is 0.204. The molecule has 0 aliphatic carbocycles. The molecule has 0 saturated heterocycles. The summed E-state index contributed by atoms with van der Waals surface area (Å²) in [4.78, 5) is 0. The van der Waals surface area contributed by atoms with Crippen LogP contribution in [0.4, 0.5) is 0 Å². The van der Waals surface area contributed by atoms with Crippen molar-refractivity contribution in [3.63, 3.8) is 0 Å². The quantitative estimate of drug-likeness (QED) is 0.476. The van der Waals surface area contributed by atoms with Gasteiger partial charge in [-0.2, -0.15) is 0 Å². The smallest absolute Gasteiger partial charge is 0.850 e. The monoisotopic (exact) mass is 186 g/mol. The second-order valence-electron chi connectivity index (χ2n) is 2.89. The molecule has 0 spiro atoms. The van der Waals surface area contributed by atoms with E-state index in [4.69, 9.17) is 4.74 Å². The third-order valence-corrected chi connectivity index (χ3v) is 0.408. The Morgan fingerprint density at radius 1 is 1.09 bits per heavy atom. The second-order valence-corrected chi connectivity index (χ2v) is 2.89. The van der Waals surface area contributed by atoms with Gasteiger partial charge in [-0.3, -0.25) is 0 Å². The van der Waals surface area contributed by atoms with Crippen LogP contribution in [0, 0.1) is 0 Å². The zero-order chi connectivity index (χ0) is 8.62. The predicted molar refractivity (Wildman–Crippen MR) is 41.9 cm³/mol. The normalized spacial score (nSPS) is 9.27. The van der Waals surface area contributed by atoms with Crippen LogP contribution in [-0.4, -0.2) is 18.8 Å². The molecule has 0 N–H and O–H groups in total. The van der Waals surface area contributed by atoms with E-state index in [1.165, 1.54) is 0 Å². The summed E-state index contributed by atoms with van der Waals surface area (Å²) < 4.78 is 4.83. The maximum atomic E-state index is 10.1. The molecule has 0 atom stereocenters. The van der Waals surface area contributed by atoms with Gasteiger partial charge in [0.05, 0.1) is 0 Å². The predicted octanol–water partition coefficient (Wildman–Crippen LogP) is -1.81. The summed E-state index contributed by atoms with van der Waals surface area (Å²) >= 11 is 0. The minimum atomic E-state index is -0.750. The van der Waals surface area contributed by atoms with E-state index >= 15 is 0 Å². The first-order valence-electron chi connectivity index (χ1n) is 3.70. The van der Waals surface area contributed by atoms with Crippen molar-refractivity contribution in [1.29, 1.82) is 0 Å². The summed E-state index contributed by atoms with van der Waals surface area (Å²) in [6, 6.07) is 0. The molecule has 0 fully saturated rings. The molecule has 0 radical (unpaired) electrons. The van der Waals surface area contributed by atoms with E-state index in [1.807, 2.05) is 13.8 Å². The van der Waals surface area contributed by atoms with Crippen LogP contribution in [0.1, 0.15) is 34.6 Å². The standard InChI is InChI=1S/C4H9O.C4H10O.K/c1-4(2,3)5;1-3-5-4-2;/h1-3H3;3-4H2,1-2H3;/q-1;;+1. The van der Waals surface area contributed by atoms with Crippen LogP contribution in [0.25, 0.3) is 0 Å². The summed E-state index contributed by atoms with van der Waals surface area (Å²) in [6.07, 6.45) is 0. The maximum absolute atomic E-state index is 10.1. The van der Waals surface area contributed by atoms with E-state index in [1.54, 1.807) is 20.8 Å². The third-order valence-electron chi connectivity index (χ3n) is 0.408. The van der Waals surface area contributed by atoms with Crippen LogP contribution in [0.3, 0.4) is 0 Å². The van der Waals surface area contributed by atoms with Gasteiger partial charge in [-0.15, -0.1) is 5.60 Å². The molecular weight excluding hydrogens is 167 g/mol. The molecule has 0 bridgehead atoms. The minimum Gasteiger partial charge on any atom is -0.850 e. The maximum Gasteiger partial charge on any atom is 1.00 e. The average Bonchev–Trinajstić information content (AvgIpc) is 1.63. The molecule has 0 aromatic heterocycles. The number of rotatable bonds is 2. The van der Waals surface area contributed by atoms with Crippen molar-refractivity contribution in [2.75, 3.05) is 13.2 Å². The first-order chi connectivity index (χ1) is 4.41. The van der Waals surface area contributed by atoms with Crippen LogP contribution in [-0.2, 0) is 4.74 Å². The van der Waals surface area contributed by atoms with Crippen molar-refractivity contribution in [3.05, 3.63) is 0 Å². The number of hydrogen-bond donors (Lipinski definition) is 0. The minimum absolute atomic E-state index is 0. The van der Waals surface area contributed by atoms with Crippen molar-refractivity contribution in [1.82, 2.24) is 0 Å². The fraction of sp³-hybridized carbons (Fsp3) is 1.00. The first-order valence-corrected chi connectivity index (χ1v) is 3.70. The van der Waals surface area contributed by atoms with Crippen molar-refractivity contribution in [2.45, 2.75) is 40.2 Å². The Morgan fingerprint density at radius 3 is 1.27 bits per heavy atom. The second kappa shape index (κ2) is 11.6. The zero-order valence-electron chi connectivity index (χ0n) is 8.73. The van der Waals surface area contributed by atoms with E-state index < -0.39 is 5.60 Å². The van der Waals surface area contributed by atoms with Gasteiger partial charge in [0, 0.05) is 13.2 Å². The van der Waals surface area contributed by atoms with Crippen LogP contribution in [0.15, 0.2) is 0 Å². The van der Waals surface area contributed by atoms with Gasteiger partial charge in [0.25, 0.3) is 0 Å². The Balaban J connectivity index is -0.000000107. The van der Waals surface area contributed by atoms with Crippen molar-refractivity contribution in [2.24, 2.45) is 0 Å². The van der Waals surface area contributed by atoms with Gasteiger partial charge in [0.1, 0.15) is 0 Å². The molecule has 0 aliphatic heterocycles. The van der Waals surface area contributed by atoms with E-state index in [0.29, 0.717) is 0 Å². The number of hydrogen-bond acceptors (Lipinski definition) is 2. The molecule has 11 heavy (non-hydrogen) atoms. The summed E-state index contributed by atoms with van der Waals surface area (Å²) in [5.41, 5.74) is -0.750. The van der Waals surface area contributed by atoms with Gasteiger partial charge >= 0.3 is 51.4 Å². The molecule has 0 heterocycles. The van der Waals surface area contributed by atoms with Gasteiger partial charge in [-0.25, -0.2) is 0 Å². The topological polar surface area (TPSA) is 32.3 Å². The van der Waals surface area contributed by atoms with Crippen LogP contribution < -0.4 is 56.5 Å². The van der Waals surface area contributed by atoms with Crippen LogP contribution in [0.2, 0.25) is 0 Å². The van der Waals surface area contributed by atoms with Crippen molar-refractivity contribution >= 4 is 0 Å². The summed E-state index contributed by atoms with van der Waals surface area (Å²) in [6.45, 7) is 10.6. The van der Waals surface area contributed by atoms with E-state index in [-0.39, 0.29) is 51.4 Å². The van der Waals surface area contributed by atoms with Crippen LogP contribution in [0.5, 0.6) is 0 Å². The molecule has 0 aromatic carbocycles. The SMILES string of the molecule is CC(C)(C)[O-].CCOCC.[K+]. The fourth-order valence-corrected chi connectivity index (χ4v) is 0.204. The molecule has 0 unspecified atom stereocenters. The van der Waals surface area contributed by atoms with Gasteiger partial charge in [-0.1, -0.05) is 20.8 Å². The average molecular weight is 186 g/mol.